The molecule has 1 fully saturated rings. The second kappa shape index (κ2) is 6.80. The topological polar surface area (TPSA) is 49.4 Å². The maximum atomic E-state index is 12.0. The van der Waals surface area contributed by atoms with Gasteiger partial charge in [0.1, 0.15) is 0 Å². The predicted molar refractivity (Wildman–Crippen MR) is 74.7 cm³/mol. The number of amides is 2. The minimum absolute atomic E-state index is 0.0518. The van der Waals surface area contributed by atoms with E-state index in [2.05, 4.69) is 11.4 Å². The van der Waals surface area contributed by atoms with Crippen LogP contribution in [-0.2, 0) is 15.3 Å². The van der Waals surface area contributed by atoms with Gasteiger partial charge in [0.2, 0.25) is 11.8 Å². The number of nitrogens with one attached hydrogen (secondary N) is 1. The number of hydrogen-bond donors (Lipinski definition) is 1. The van der Waals surface area contributed by atoms with Crippen molar-refractivity contribution in [2.45, 2.75) is 12.2 Å². The molecule has 18 heavy (non-hydrogen) atoms. The first-order valence-electron chi connectivity index (χ1n) is 5.90. The van der Waals surface area contributed by atoms with E-state index in [1.807, 2.05) is 11.4 Å². The highest BCUT2D eigenvalue weighted by atomic mass is 32.2. The predicted octanol–water partition coefficient (Wildman–Crippen LogP) is 1.33. The van der Waals surface area contributed by atoms with Crippen molar-refractivity contribution in [1.29, 1.82) is 0 Å². The molecule has 0 radical (unpaired) electrons. The Kier molecular flexibility index (Phi) is 5.07. The Morgan fingerprint density at radius 1 is 1.56 bits per heavy atom. The fourth-order valence-electron chi connectivity index (χ4n) is 1.74. The molecule has 1 saturated heterocycles. The summed E-state index contributed by atoms with van der Waals surface area (Å²) < 4.78 is 0. The fraction of sp³-hybridized carbons (Fsp3) is 0.500. The van der Waals surface area contributed by atoms with Crippen molar-refractivity contribution in [2.75, 3.05) is 25.4 Å². The highest BCUT2D eigenvalue weighted by molar-refractivity contribution is 7.99. The van der Waals surface area contributed by atoms with Crippen LogP contribution in [0.25, 0.3) is 0 Å². The van der Waals surface area contributed by atoms with Gasteiger partial charge in [0.25, 0.3) is 0 Å². The lowest BCUT2D eigenvalue weighted by atomic mass is 10.4. The minimum atomic E-state index is -0.0518. The molecule has 2 rings (SSSR count). The number of nitrogens with zero attached hydrogens (tertiary/aromatic N) is 1. The molecular weight excluding hydrogens is 268 g/mol. The van der Waals surface area contributed by atoms with Crippen molar-refractivity contribution in [3.05, 3.63) is 22.4 Å². The number of carbonyl (C=O) groups is 2. The van der Waals surface area contributed by atoms with Crippen molar-refractivity contribution in [3.63, 3.8) is 0 Å². The largest absolute Gasteiger partial charge is 0.354 e. The van der Waals surface area contributed by atoms with Crippen LogP contribution in [0.4, 0.5) is 0 Å². The molecule has 0 unspecified atom stereocenters. The molecule has 1 aliphatic heterocycles. The van der Waals surface area contributed by atoms with E-state index in [0.29, 0.717) is 18.8 Å². The van der Waals surface area contributed by atoms with Gasteiger partial charge in [0.05, 0.1) is 12.3 Å². The van der Waals surface area contributed by atoms with Crippen LogP contribution in [0, 0.1) is 0 Å². The SMILES string of the molecule is O=C1CN(C(=O)CSCc2cccs2)CCCN1. The van der Waals surface area contributed by atoms with Gasteiger partial charge in [0, 0.05) is 23.7 Å². The summed E-state index contributed by atoms with van der Waals surface area (Å²) in [5.41, 5.74) is 0. The number of thioether (sulfide) groups is 1. The number of hydrogen-bond acceptors (Lipinski definition) is 4. The first-order chi connectivity index (χ1) is 8.75. The van der Waals surface area contributed by atoms with Gasteiger partial charge >= 0.3 is 0 Å². The lowest BCUT2D eigenvalue weighted by Crippen LogP contribution is -2.38. The molecule has 2 amide bonds. The number of thiophene rings is 1. The van der Waals surface area contributed by atoms with E-state index in [0.717, 1.165) is 12.2 Å². The summed E-state index contributed by atoms with van der Waals surface area (Å²) in [6, 6.07) is 4.09. The lowest BCUT2D eigenvalue weighted by Gasteiger charge is -2.18. The van der Waals surface area contributed by atoms with Crippen LogP contribution in [0.15, 0.2) is 17.5 Å². The molecule has 4 nitrogen and oxygen atoms in total. The molecule has 1 N–H and O–H groups in total. The van der Waals surface area contributed by atoms with Crippen molar-refractivity contribution in [3.8, 4) is 0 Å². The van der Waals surface area contributed by atoms with E-state index in [4.69, 9.17) is 0 Å². The van der Waals surface area contributed by atoms with Gasteiger partial charge in [0.15, 0.2) is 0 Å². The highest BCUT2D eigenvalue weighted by Gasteiger charge is 2.19. The van der Waals surface area contributed by atoms with Crippen molar-refractivity contribution in [1.82, 2.24) is 10.2 Å². The van der Waals surface area contributed by atoms with E-state index in [1.165, 1.54) is 4.88 Å². The molecule has 98 valence electrons. The first kappa shape index (κ1) is 13.4. The average Bonchev–Trinajstić information content (AvgIpc) is 2.77. The summed E-state index contributed by atoms with van der Waals surface area (Å²) in [6.45, 7) is 1.56. The lowest BCUT2D eigenvalue weighted by molar-refractivity contribution is -0.133. The quantitative estimate of drug-likeness (QED) is 0.907. The Balaban J connectivity index is 1.74. The Morgan fingerprint density at radius 3 is 3.22 bits per heavy atom. The summed E-state index contributed by atoms with van der Waals surface area (Å²) in [4.78, 5) is 26.2. The molecule has 1 aromatic heterocycles. The van der Waals surface area contributed by atoms with Crippen LogP contribution in [-0.4, -0.2) is 42.1 Å². The van der Waals surface area contributed by atoms with Crippen LogP contribution in [0.5, 0.6) is 0 Å². The van der Waals surface area contributed by atoms with E-state index < -0.39 is 0 Å². The Labute approximate surface area is 115 Å². The molecule has 1 aliphatic rings. The van der Waals surface area contributed by atoms with Crippen molar-refractivity contribution >= 4 is 34.9 Å². The Hall–Kier alpha value is -1.01. The zero-order valence-electron chi connectivity index (χ0n) is 10.1. The highest BCUT2D eigenvalue weighted by Crippen LogP contribution is 2.17. The number of carbonyl (C=O) groups excluding carboxylic acids is 2. The van der Waals surface area contributed by atoms with Crippen LogP contribution in [0.1, 0.15) is 11.3 Å². The Bertz CT molecular complexity index is 406. The third kappa shape index (κ3) is 4.03. The van der Waals surface area contributed by atoms with Gasteiger partial charge < -0.3 is 10.2 Å². The summed E-state index contributed by atoms with van der Waals surface area (Å²) in [7, 11) is 0. The fourth-order valence-corrected chi connectivity index (χ4v) is 3.51. The third-order valence-corrected chi connectivity index (χ3v) is 4.69. The van der Waals surface area contributed by atoms with Crippen LogP contribution in [0.2, 0.25) is 0 Å². The molecule has 0 spiro atoms. The summed E-state index contributed by atoms with van der Waals surface area (Å²) in [5.74, 6) is 1.33. The molecule has 1 aromatic rings. The zero-order chi connectivity index (χ0) is 12.8. The summed E-state index contributed by atoms with van der Waals surface area (Å²) in [5, 5.41) is 4.81. The van der Waals surface area contributed by atoms with Crippen LogP contribution < -0.4 is 5.32 Å². The molecule has 0 saturated carbocycles. The van der Waals surface area contributed by atoms with Gasteiger partial charge in [-0.3, -0.25) is 9.59 Å². The molecular formula is C12H16N2O2S2. The van der Waals surface area contributed by atoms with Gasteiger partial charge in [-0.05, 0) is 17.9 Å². The molecule has 0 atom stereocenters. The van der Waals surface area contributed by atoms with Gasteiger partial charge in [-0.1, -0.05) is 6.07 Å². The standard InChI is InChI=1S/C12H16N2O2S2/c15-11-7-14(5-2-4-13-11)12(16)9-17-8-10-3-1-6-18-10/h1,3,6H,2,4-5,7-9H2,(H,13,15). The molecule has 0 aromatic carbocycles. The monoisotopic (exact) mass is 284 g/mol. The average molecular weight is 284 g/mol. The van der Waals surface area contributed by atoms with Gasteiger partial charge in [-0.2, -0.15) is 0 Å². The van der Waals surface area contributed by atoms with Gasteiger partial charge in [-0.15, -0.1) is 23.1 Å². The normalized spacial score (nSPS) is 16.2. The first-order valence-corrected chi connectivity index (χ1v) is 7.94. The van der Waals surface area contributed by atoms with Gasteiger partial charge in [-0.25, -0.2) is 0 Å². The molecule has 2 heterocycles. The maximum Gasteiger partial charge on any atom is 0.239 e. The third-order valence-electron chi connectivity index (χ3n) is 2.66. The van der Waals surface area contributed by atoms with E-state index >= 15 is 0 Å². The molecule has 6 heteroatoms. The minimum Gasteiger partial charge on any atom is -0.354 e. The second-order valence-corrected chi connectivity index (χ2v) is 6.11. The Morgan fingerprint density at radius 2 is 2.44 bits per heavy atom. The zero-order valence-corrected chi connectivity index (χ0v) is 11.7. The van der Waals surface area contributed by atoms with E-state index in [1.54, 1.807) is 28.0 Å². The van der Waals surface area contributed by atoms with E-state index in [-0.39, 0.29) is 18.4 Å². The van der Waals surface area contributed by atoms with E-state index in [9.17, 15) is 9.59 Å². The van der Waals surface area contributed by atoms with Crippen molar-refractivity contribution < 1.29 is 9.59 Å². The smallest absolute Gasteiger partial charge is 0.239 e. The van der Waals surface area contributed by atoms with Crippen LogP contribution >= 0.6 is 23.1 Å². The summed E-state index contributed by atoms with van der Waals surface area (Å²) >= 11 is 3.31. The molecule has 0 aliphatic carbocycles. The van der Waals surface area contributed by atoms with Crippen molar-refractivity contribution in [2.24, 2.45) is 0 Å². The number of rotatable bonds is 4. The second-order valence-electron chi connectivity index (χ2n) is 4.09. The molecule has 0 bridgehead atoms. The summed E-state index contributed by atoms with van der Waals surface area (Å²) in [6.07, 6.45) is 0.840. The maximum absolute atomic E-state index is 12.0. The van der Waals surface area contributed by atoms with Crippen LogP contribution in [0.3, 0.4) is 0 Å².